The van der Waals surface area contributed by atoms with Gasteiger partial charge in [-0.1, -0.05) is 97.9 Å². The number of carbonyl (C=O) groups excluding carboxylic acids is 1. The number of ether oxygens (including phenoxy) is 2. The number of likely N-dealkylation sites (N-methyl/N-ethyl adjacent to an activating group) is 1. The van der Waals surface area contributed by atoms with Crippen molar-refractivity contribution in [3.63, 3.8) is 0 Å². The fourth-order valence-electron chi connectivity index (χ4n) is 5.73. The minimum Gasteiger partial charge on any atom is -0.392 e. The number of aliphatic hydroxyl groups excluding tert-OH is 1. The van der Waals surface area contributed by atoms with Crippen LogP contribution in [0.15, 0.2) is 103 Å². The van der Waals surface area contributed by atoms with Gasteiger partial charge in [-0.3, -0.25) is 4.90 Å². The number of benzene rings is 4. The molecule has 0 radical (unpaired) electrons. The SMILES string of the molecule is CCNC(=O)NCc1cccc(-c2cccc([C@H]3O[C@@H](CN(C)Cc4ccccc4)[C@@H](C)[C@@H](c4ccc(CO)cc4)O3)c2)c1. The molecule has 2 amide bonds. The van der Waals surface area contributed by atoms with Gasteiger partial charge in [0.05, 0.1) is 18.8 Å². The lowest BCUT2D eigenvalue weighted by molar-refractivity contribution is -0.276. The summed E-state index contributed by atoms with van der Waals surface area (Å²) in [5, 5.41) is 15.2. The van der Waals surface area contributed by atoms with E-state index in [1.807, 2.05) is 43.3 Å². The van der Waals surface area contributed by atoms with E-state index in [2.05, 4.69) is 96.2 Å². The molecule has 4 atom stereocenters. The normalized spacial score (nSPS) is 19.9. The second-order valence-corrected chi connectivity index (χ2v) is 11.5. The van der Waals surface area contributed by atoms with Crippen LogP contribution in [0.25, 0.3) is 11.1 Å². The molecule has 0 saturated carbocycles. The first-order valence-electron chi connectivity index (χ1n) is 15.4. The molecule has 7 heteroatoms. The average molecular weight is 594 g/mol. The van der Waals surface area contributed by atoms with Crippen LogP contribution in [0.4, 0.5) is 4.79 Å². The molecule has 0 spiro atoms. The number of nitrogens with zero attached hydrogens (tertiary/aromatic N) is 1. The Labute approximate surface area is 260 Å². The van der Waals surface area contributed by atoms with E-state index in [1.54, 1.807) is 0 Å². The third-order valence-corrected chi connectivity index (χ3v) is 8.12. The molecule has 4 aromatic rings. The van der Waals surface area contributed by atoms with Crippen LogP contribution in [0.1, 0.15) is 54.1 Å². The van der Waals surface area contributed by atoms with Crippen LogP contribution >= 0.6 is 0 Å². The first kappa shape index (κ1) is 31.4. The average Bonchev–Trinajstić information content (AvgIpc) is 3.05. The van der Waals surface area contributed by atoms with Crippen LogP contribution < -0.4 is 10.6 Å². The third-order valence-electron chi connectivity index (χ3n) is 8.12. The van der Waals surface area contributed by atoms with Crippen molar-refractivity contribution in [1.29, 1.82) is 0 Å². The van der Waals surface area contributed by atoms with E-state index in [-0.39, 0.29) is 30.8 Å². The Morgan fingerprint density at radius 3 is 2.23 bits per heavy atom. The highest BCUT2D eigenvalue weighted by Gasteiger charge is 2.38. The second kappa shape index (κ2) is 15.1. The molecular formula is C37H43N3O4. The Kier molecular flexibility index (Phi) is 10.8. The maximum Gasteiger partial charge on any atom is 0.315 e. The van der Waals surface area contributed by atoms with E-state index < -0.39 is 6.29 Å². The van der Waals surface area contributed by atoms with Crippen molar-refractivity contribution in [2.45, 2.75) is 52.0 Å². The zero-order valence-electron chi connectivity index (χ0n) is 25.8. The first-order valence-corrected chi connectivity index (χ1v) is 15.4. The van der Waals surface area contributed by atoms with Crippen LogP contribution in [-0.4, -0.2) is 42.3 Å². The standard InChI is InChI=1S/C37H43N3O4/c1-4-38-37(42)39-22-29-12-8-13-31(20-29)32-14-9-15-33(21-32)36-43-34(24-40(3)23-27-10-6-5-7-11-27)26(2)35(44-36)30-18-16-28(25-41)17-19-30/h5-21,26,34-36,41H,4,22-25H2,1-3H3,(H2,38,39,42)/t26-,34+,35+,36+/m1/s1. The zero-order valence-corrected chi connectivity index (χ0v) is 25.8. The molecule has 44 heavy (non-hydrogen) atoms. The van der Waals surface area contributed by atoms with Crippen molar-refractivity contribution in [3.05, 3.63) is 131 Å². The van der Waals surface area contributed by atoms with E-state index in [0.717, 1.165) is 46.5 Å². The Bertz CT molecular complexity index is 1490. The van der Waals surface area contributed by atoms with Gasteiger partial charge in [0, 0.05) is 37.7 Å². The molecule has 230 valence electrons. The van der Waals surface area contributed by atoms with Gasteiger partial charge < -0.3 is 25.2 Å². The van der Waals surface area contributed by atoms with Gasteiger partial charge in [0.2, 0.25) is 0 Å². The van der Waals surface area contributed by atoms with Crippen LogP contribution in [0.5, 0.6) is 0 Å². The van der Waals surface area contributed by atoms with E-state index in [0.29, 0.717) is 13.1 Å². The monoisotopic (exact) mass is 593 g/mol. The quantitative estimate of drug-likeness (QED) is 0.183. The highest BCUT2D eigenvalue weighted by molar-refractivity contribution is 5.74. The Hall–Kier alpha value is -4.01. The van der Waals surface area contributed by atoms with Gasteiger partial charge >= 0.3 is 6.03 Å². The molecule has 3 N–H and O–H groups in total. The molecule has 1 saturated heterocycles. The van der Waals surface area contributed by atoms with E-state index in [9.17, 15) is 9.90 Å². The number of nitrogens with one attached hydrogen (secondary N) is 2. The smallest absolute Gasteiger partial charge is 0.315 e. The summed E-state index contributed by atoms with van der Waals surface area (Å²) >= 11 is 0. The lowest BCUT2D eigenvalue weighted by atomic mass is 9.90. The predicted molar refractivity (Wildman–Crippen MR) is 174 cm³/mol. The molecule has 0 aromatic heterocycles. The van der Waals surface area contributed by atoms with Gasteiger partial charge in [-0.2, -0.15) is 0 Å². The molecule has 5 rings (SSSR count). The van der Waals surface area contributed by atoms with Crippen LogP contribution in [0.2, 0.25) is 0 Å². The van der Waals surface area contributed by atoms with E-state index in [1.165, 1.54) is 5.56 Å². The summed E-state index contributed by atoms with van der Waals surface area (Å²) in [4.78, 5) is 14.2. The Morgan fingerprint density at radius 1 is 0.795 bits per heavy atom. The van der Waals surface area contributed by atoms with E-state index >= 15 is 0 Å². The summed E-state index contributed by atoms with van der Waals surface area (Å²) in [7, 11) is 2.13. The topological polar surface area (TPSA) is 83.1 Å². The molecule has 1 aliphatic rings. The lowest BCUT2D eigenvalue weighted by Gasteiger charge is -2.42. The number of urea groups is 1. The summed E-state index contributed by atoms with van der Waals surface area (Å²) in [6.45, 7) is 6.71. The summed E-state index contributed by atoms with van der Waals surface area (Å²) in [5.41, 5.74) is 7.29. The summed E-state index contributed by atoms with van der Waals surface area (Å²) in [5.74, 6) is 0.0988. The fourth-order valence-corrected chi connectivity index (χ4v) is 5.73. The van der Waals surface area contributed by atoms with Gasteiger partial charge in [-0.25, -0.2) is 4.79 Å². The number of amides is 2. The van der Waals surface area contributed by atoms with Gasteiger partial charge in [-0.05, 0) is 59.5 Å². The third kappa shape index (κ3) is 8.12. The Balaban J connectivity index is 1.38. The largest absolute Gasteiger partial charge is 0.392 e. The lowest BCUT2D eigenvalue weighted by Crippen LogP contribution is -2.43. The zero-order chi connectivity index (χ0) is 30.9. The predicted octanol–water partition coefficient (Wildman–Crippen LogP) is 6.59. The highest BCUT2D eigenvalue weighted by atomic mass is 16.7. The highest BCUT2D eigenvalue weighted by Crippen LogP contribution is 2.42. The maximum atomic E-state index is 11.9. The number of carbonyl (C=O) groups is 1. The first-order chi connectivity index (χ1) is 21.4. The van der Waals surface area contributed by atoms with Gasteiger partial charge in [0.25, 0.3) is 0 Å². The van der Waals surface area contributed by atoms with Crippen LogP contribution in [0.3, 0.4) is 0 Å². The second-order valence-electron chi connectivity index (χ2n) is 11.5. The maximum absolute atomic E-state index is 11.9. The van der Waals surface area contributed by atoms with Crippen molar-refractivity contribution in [3.8, 4) is 11.1 Å². The van der Waals surface area contributed by atoms with Gasteiger partial charge in [0.15, 0.2) is 6.29 Å². The molecule has 7 nitrogen and oxygen atoms in total. The summed E-state index contributed by atoms with van der Waals surface area (Å²) in [6.07, 6.45) is -0.798. The van der Waals surface area contributed by atoms with Crippen molar-refractivity contribution in [1.82, 2.24) is 15.5 Å². The van der Waals surface area contributed by atoms with E-state index in [4.69, 9.17) is 9.47 Å². The summed E-state index contributed by atoms with van der Waals surface area (Å²) in [6, 6.07) is 34.8. The van der Waals surface area contributed by atoms with Crippen LogP contribution in [0, 0.1) is 5.92 Å². The van der Waals surface area contributed by atoms with Gasteiger partial charge in [0.1, 0.15) is 0 Å². The molecule has 0 bridgehead atoms. The van der Waals surface area contributed by atoms with Crippen molar-refractivity contribution < 1.29 is 19.4 Å². The molecule has 1 fully saturated rings. The molecule has 4 aromatic carbocycles. The van der Waals surface area contributed by atoms with Gasteiger partial charge in [-0.15, -0.1) is 0 Å². The minimum absolute atomic E-state index is 0.00991. The number of aliphatic hydroxyl groups is 1. The van der Waals surface area contributed by atoms with Crippen molar-refractivity contribution in [2.75, 3.05) is 20.1 Å². The van der Waals surface area contributed by atoms with Crippen molar-refractivity contribution in [2.24, 2.45) is 5.92 Å². The minimum atomic E-state index is -0.550. The number of hydrogen-bond donors (Lipinski definition) is 3. The Morgan fingerprint density at radius 2 is 1.50 bits per heavy atom. The molecule has 0 aliphatic carbocycles. The summed E-state index contributed by atoms with van der Waals surface area (Å²) < 4.78 is 13.5. The number of rotatable bonds is 11. The molecule has 1 heterocycles. The fraction of sp³-hybridized carbons (Fsp3) is 0.324. The molecule has 0 unspecified atom stereocenters. The van der Waals surface area contributed by atoms with Crippen LogP contribution in [-0.2, 0) is 29.2 Å². The van der Waals surface area contributed by atoms with Crippen molar-refractivity contribution >= 4 is 6.03 Å². The molecule has 1 aliphatic heterocycles. The number of hydrogen-bond acceptors (Lipinski definition) is 5. The molecular weight excluding hydrogens is 550 g/mol.